The average molecular weight is 291 g/mol. The molecule has 0 aromatic heterocycles. The zero-order valence-electron chi connectivity index (χ0n) is 12.6. The molecule has 1 aliphatic heterocycles. The Morgan fingerprint density at radius 2 is 1.86 bits per heavy atom. The minimum absolute atomic E-state index is 0.370. The molecule has 1 aliphatic rings. The van der Waals surface area contributed by atoms with Gasteiger partial charge in [-0.2, -0.15) is 5.26 Å². The zero-order valence-corrected chi connectivity index (χ0v) is 12.6. The van der Waals surface area contributed by atoms with E-state index in [0.29, 0.717) is 18.7 Å². The van der Waals surface area contributed by atoms with E-state index in [4.69, 9.17) is 5.26 Å². The third-order valence-electron chi connectivity index (χ3n) is 3.66. The topological polar surface area (TPSA) is 50.5 Å². The maximum atomic E-state index is 13.1. The van der Waals surface area contributed by atoms with Crippen molar-refractivity contribution >= 4 is 0 Å². The van der Waals surface area contributed by atoms with Crippen LogP contribution in [-0.2, 0) is 6.54 Å². The van der Waals surface area contributed by atoms with Crippen molar-refractivity contribution in [2.24, 2.45) is 0 Å². The molecule has 5 heteroatoms. The summed E-state index contributed by atoms with van der Waals surface area (Å²) in [4.78, 5) is 4.50. The van der Waals surface area contributed by atoms with Gasteiger partial charge in [-0.3, -0.25) is 9.80 Å². The molecule has 0 spiro atoms. The van der Waals surface area contributed by atoms with Gasteiger partial charge >= 0.3 is 0 Å². The summed E-state index contributed by atoms with van der Waals surface area (Å²) in [5, 5.41) is 18.9. The Morgan fingerprint density at radius 3 is 2.43 bits per heavy atom. The number of nitrogens with zero attached hydrogens (tertiary/aromatic N) is 3. The number of β-amino-alcohol motifs (C(OH)–C–C–N with tert-alkyl or cyclic N) is 1. The second-order valence-corrected chi connectivity index (χ2v) is 6.28. The van der Waals surface area contributed by atoms with Gasteiger partial charge < -0.3 is 5.11 Å². The van der Waals surface area contributed by atoms with E-state index in [1.165, 1.54) is 12.1 Å². The molecule has 0 saturated carbocycles. The molecular weight excluding hydrogens is 269 g/mol. The molecule has 1 aromatic rings. The van der Waals surface area contributed by atoms with Gasteiger partial charge in [0.2, 0.25) is 0 Å². The lowest BCUT2D eigenvalue weighted by Crippen LogP contribution is -2.50. The quantitative estimate of drug-likeness (QED) is 0.915. The minimum Gasteiger partial charge on any atom is -0.389 e. The summed E-state index contributed by atoms with van der Waals surface area (Å²) in [5.74, 6) is -0.370. The Balaban J connectivity index is 1.91. The van der Waals surface area contributed by atoms with Gasteiger partial charge in [0.15, 0.2) is 0 Å². The fourth-order valence-electron chi connectivity index (χ4n) is 2.68. The number of aliphatic hydroxyl groups is 1. The van der Waals surface area contributed by atoms with Crippen LogP contribution in [0.4, 0.5) is 4.39 Å². The Morgan fingerprint density at radius 1 is 1.24 bits per heavy atom. The van der Waals surface area contributed by atoms with Crippen molar-refractivity contribution in [2.45, 2.75) is 26.0 Å². The van der Waals surface area contributed by atoms with Gasteiger partial charge in [0.25, 0.3) is 0 Å². The molecule has 1 heterocycles. The van der Waals surface area contributed by atoms with Gasteiger partial charge in [0.05, 0.1) is 17.2 Å². The molecule has 0 aliphatic carbocycles. The van der Waals surface area contributed by atoms with Crippen LogP contribution >= 0.6 is 0 Å². The van der Waals surface area contributed by atoms with Crippen molar-refractivity contribution in [3.05, 3.63) is 35.1 Å². The van der Waals surface area contributed by atoms with Gasteiger partial charge in [-0.1, -0.05) is 6.07 Å². The number of rotatable bonds is 4. The van der Waals surface area contributed by atoms with Crippen LogP contribution in [0.15, 0.2) is 18.2 Å². The van der Waals surface area contributed by atoms with Crippen LogP contribution < -0.4 is 0 Å². The first kappa shape index (κ1) is 15.9. The van der Waals surface area contributed by atoms with Crippen molar-refractivity contribution in [1.82, 2.24) is 9.80 Å². The van der Waals surface area contributed by atoms with Gasteiger partial charge in [0, 0.05) is 39.3 Å². The van der Waals surface area contributed by atoms with Crippen LogP contribution in [0.1, 0.15) is 25.0 Å². The van der Waals surface area contributed by atoms with Gasteiger partial charge in [-0.25, -0.2) is 4.39 Å². The Hall–Kier alpha value is -1.48. The molecule has 2 rings (SSSR count). The number of benzene rings is 1. The molecule has 4 nitrogen and oxygen atoms in total. The first-order valence-electron chi connectivity index (χ1n) is 7.23. The van der Waals surface area contributed by atoms with E-state index in [1.54, 1.807) is 6.07 Å². The van der Waals surface area contributed by atoms with Crippen molar-refractivity contribution < 1.29 is 9.50 Å². The molecule has 0 radical (unpaired) electrons. The largest absolute Gasteiger partial charge is 0.389 e. The first-order chi connectivity index (χ1) is 9.87. The Labute approximate surface area is 125 Å². The van der Waals surface area contributed by atoms with Crippen molar-refractivity contribution in [1.29, 1.82) is 5.26 Å². The highest BCUT2D eigenvalue weighted by atomic mass is 19.1. The lowest BCUT2D eigenvalue weighted by atomic mass is 10.1. The minimum atomic E-state index is -0.674. The summed E-state index contributed by atoms with van der Waals surface area (Å²) in [6.07, 6.45) is 0. The first-order valence-corrected chi connectivity index (χ1v) is 7.23. The smallest absolute Gasteiger partial charge is 0.124 e. The monoisotopic (exact) mass is 291 g/mol. The number of halogens is 1. The third kappa shape index (κ3) is 4.78. The molecule has 0 bridgehead atoms. The Bertz CT molecular complexity index is 525. The summed E-state index contributed by atoms with van der Waals surface area (Å²) in [5.41, 5.74) is 0.608. The normalized spacial score (nSPS) is 17.7. The van der Waals surface area contributed by atoms with Crippen molar-refractivity contribution in [2.75, 3.05) is 32.7 Å². The van der Waals surface area contributed by atoms with Gasteiger partial charge in [-0.15, -0.1) is 0 Å². The average Bonchev–Trinajstić information content (AvgIpc) is 2.41. The molecule has 1 saturated heterocycles. The van der Waals surface area contributed by atoms with Crippen molar-refractivity contribution in [3.8, 4) is 6.07 Å². The lowest BCUT2D eigenvalue weighted by Gasteiger charge is -2.37. The molecule has 1 aromatic carbocycles. The van der Waals surface area contributed by atoms with Crippen LogP contribution in [0.2, 0.25) is 0 Å². The molecule has 21 heavy (non-hydrogen) atoms. The summed E-state index contributed by atoms with van der Waals surface area (Å²) in [6, 6.07) is 6.44. The van der Waals surface area contributed by atoms with E-state index in [2.05, 4.69) is 15.9 Å². The third-order valence-corrected chi connectivity index (χ3v) is 3.66. The predicted octanol–water partition coefficient (Wildman–Crippen LogP) is 1.59. The highest BCUT2D eigenvalue weighted by Gasteiger charge is 2.23. The summed E-state index contributed by atoms with van der Waals surface area (Å²) >= 11 is 0. The maximum Gasteiger partial charge on any atom is 0.124 e. The summed E-state index contributed by atoms with van der Waals surface area (Å²) in [6.45, 7) is 8.53. The van der Waals surface area contributed by atoms with Crippen LogP contribution in [0.5, 0.6) is 0 Å². The van der Waals surface area contributed by atoms with E-state index < -0.39 is 5.60 Å². The van der Waals surface area contributed by atoms with Crippen LogP contribution in [0.3, 0.4) is 0 Å². The molecule has 0 amide bonds. The van der Waals surface area contributed by atoms with Crippen LogP contribution in [0.25, 0.3) is 0 Å². The number of hydrogen-bond donors (Lipinski definition) is 1. The molecule has 0 atom stereocenters. The SMILES string of the molecule is CC(C)(O)CN1CCN(Cc2ccc(F)cc2C#N)CC1. The Kier molecular flexibility index (Phi) is 4.94. The van der Waals surface area contributed by atoms with Gasteiger partial charge in [0.1, 0.15) is 5.82 Å². The van der Waals surface area contributed by atoms with Crippen molar-refractivity contribution in [3.63, 3.8) is 0 Å². The fourth-order valence-corrected chi connectivity index (χ4v) is 2.68. The molecule has 0 unspecified atom stereocenters. The second-order valence-electron chi connectivity index (χ2n) is 6.28. The summed E-state index contributed by atoms with van der Waals surface area (Å²) < 4.78 is 13.1. The van der Waals surface area contributed by atoms with E-state index in [0.717, 1.165) is 31.7 Å². The zero-order chi connectivity index (χ0) is 15.5. The number of piperazine rings is 1. The van der Waals surface area contributed by atoms with Crippen LogP contribution in [-0.4, -0.2) is 53.2 Å². The maximum absolute atomic E-state index is 13.1. The molecular formula is C16H22FN3O. The standard InChI is InChI=1S/C16H22FN3O/c1-16(2,21)12-20-7-5-19(6-8-20)11-13-3-4-15(17)9-14(13)10-18/h3-4,9,21H,5-8,11-12H2,1-2H3. The molecule has 1 N–H and O–H groups in total. The van der Waals surface area contributed by atoms with E-state index in [9.17, 15) is 9.50 Å². The highest BCUT2D eigenvalue weighted by Crippen LogP contribution is 2.15. The van der Waals surface area contributed by atoms with E-state index >= 15 is 0 Å². The second kappa shape index (κ2) is 6.52. The fraction of sp³-hybridized carbons (Fsp3) is 0.562. The predicted molar refractivity (Wildman–Crippen MR) is 79.1 cm³/mol. The van der Waals surface area contributed by atoms with E-state index in [1.807, 2.05) is 13.8 Å². The van der Waals surface area contributed by atoms with Gasteiger partial charge in [-0.05, 0) is 31.5 Å². The molecule has 1 fully saturated rings. The van der Waals surface area contributed by atoms with E-state index in [-0.39, 0.29) is 5.82 Å². The number of hydrogen-bond acceptors (Lipinski definition) is 4. The molecule has 114 valence electrons. The number of nitriles is 1. The lowest BCUT2D eigenvalue weighted by molar-refractivity contribution is 0.0166. The summed E-state index contributed by atoms with van der Waals surface area (Å²) in [7, 11) is 0. The highest BCUT2D eigenvalue weighted by molar-refractivity contribution is 5.37. The van der Waals surface area contributed by atoms with Crippen LogP contribution in [0, 0.1) is 17.1 Å².